The van der Waals surface area contributed by atoms with Crippen molar-refractivity contribution in [2.45, 2.75) is 19.1 Å². The van der Waals surface area contributed by atoms with Crippen molar-refractivity contribution in [3.63, 3.8) is 0 Å². The van der Waals surface area contributed by atoms with E-state index in [-0.39, 0.29) is 11.9 Å². The van der Waals surface area contributed by atoms with Gasteiger partial charge in [-0.25, -0.2) is 0 Å². The Balaban J connectivity index is 2.15. The highest BCUT2D eigenvalue weighted by atomic mass is 19.4. The monoisotopic (exact) mass is 272 g/mol. The number of hydrogen-bond acceptors (Lipinski definition) is 2. The molecule has 1 fully saturated rings. The summed E-state index contributed by atoms with van der Waals surface area (Å²) in [6, 6.07) is 4.41. The molecule has 0 saturated carbocycles. The van der Waals surface area contributed by atoms with E-state index in [0.717, 1.165) is 12.1 Å². The van der Waals surface area contributed by atoms with E-state index in [1.165, 1.54) is 12.1 Å². The molecule has 1 saturated heterocycles. The van der Waals surface area contributed by atoms with Crippen LogP contribution < -0.4 is 5.32 Å². The Morgan fingerprint density at radius 3 is 2.47 bits per heavy atom. The van der Waals surface area contributed by atoms with Gasteiger partial charge >= 0.3 is 6.18 Å². The Labute approximate surface area is 109 Å². The van der Waals surface area contributed by atoms with Crippen LogP contribution in [0.3, 0.4) is 0 Å². The first-order chi connectivity index (χ1) is 8.89. The summed E-state index contributed by atoms with van der Waals surface area (Å²) in [4.78, 5) is 13.9. The molecule has 19 heavy (non-hydrogen) atoms. The van der Waals surface area contributed by atoms with Gasteiger partial charge in [0.15, 0.2) is 0 Å². The molecule has 1 unspecified atom stereocenters. The lowest BCUT2D eigenvalue weighted by molar-refractivity contribution is -0.137. The molecule has 0 bridgehead atoms. The molecule has 104 valence electrons. The third-order valence-corrected chi connectivity index (χ3v) is 3.22. The number of carbonyl (C=O) groups excluding carboxylic acids is 1. The molecule has 1 heterocycles. The van der Waals surface area contributed by atoms with Gasteiger partial charge in [0.25, 0.3) is 5.91 Å². The number of nitrogens with one attached hydrogen (secondary N) is 1. The number of hydrogen-bond donors (Lipinski definition) is 1. The van der Waals surface area contributed by atoms with Crippen molar-refractivity contribution in [1.29, 1.82) is 0 Å². The molecule has 0 aliphatic carbocycles. The van der Waals surface area contributed by atoms with Gasteiger partial charge in [0.05, 0.1) is 5.56 Å². The van der Waals surface area contributed by atoms with Crippen molar-refractivity contribution in [2.24, 2.45) is 0 Å². The second-order valence-electron chi connectivity index (χ2n) is 4.63. The Kier molecular flexibility index (Phi) is 3.80. The van der Waals surface area contributed by atoms with Gasteiger partial charge in [0.2, 0.25) is 0 Å². The molecule has 1 atom stereocenters. The Hall–Kier alpha value is -1.56. The maximum atomic E-state index is 12.4. The van der Waals surface area contributed by atoms with Crippen LogP contribution in [0.15, 0.2) is 24.3 Å². The minimum Gasteiger partial charge on any atom is -0.333 e. The van der Waals surface area contributed by atoms with Crippen LogP contribution in [0.4, 0.5) is 13.2 Å². The molecule has 1 N–H and O–H groups in total. The van der Waals surface area contributed by atoms with Crippen LogP contribution >= 0.6 is 0 Å². The summed E-state index contributed by atoms with van der Waals surface area (Å²) >= 11 is 0. The van der Waals surface area contributed by atoms with Gasteiger partial charge in [-0.1, -0.05) is 0 Å². The third kappa shape index (κ3) is 3.07. The van der Waals surface area contributed by atoms with Gasteiger partial charge in [0.1, 0.15) is 0 Å². The number of carbonyl (C=O) groups is 1. The minimum atomic E-state index is -4.37. The highest BCUT2D eigenvalue weighted by Gasteiger charge is 2.31. The lowest BCUT2D eigenvalue weighted by atomic mass is 10.1. The second-order valence-corrected chi connectivity index (χ2v) is 4.63. The van der Waals surface area contributed by atoms with E-state index in [0.29, 0.717) is 25.2 Å². The van der Waals surface area contributed by atoms with Crippen LogP contribution in [-0.4, -0.2) is 36.5 Å². The fourth-order valence-corrected chi connectivity index (χ4v) is 2.11. The van der Waals surface area contributed by atoms with E-state index in [1.807, 2.05) is 6.92 Å². The first-order valence-corrected chi connectivity index (χ1v) is 6.08. The lowest BCUT2D eigenvalue weighted by Gasteiger charge is -2.34. The summed E-state index contributed by atoms with van der Waals surface area (Å²) in [6.07, 6.45) is -4.37. The van der Waals surface area contributed by atoms with Crippen molar-refractivity contribution in [1.82, 2.24) is 10.2 Å². The fourth-order valence-electron chi connectivity index (χ4n) is 2.11. The summed E-state index contributed by atoms with van der Waals surface area (Å²) in [5.41, 5.74) is -0.445. The summed E-state index contributed by atoms with van der Waals surface area (Å²) in [6.45, 7) is 3.89. The largest absolute Gasteiger partial charge is 0.416 e. The Morgan fingerprint density at radius 1 is 1.32 bits per heavy atom. The van der Waals surface area contributed by atoms with Gasteiger partial charge in [-0.2, -0.15) is 13.2 Å². The van der Waals surface area contributed by atoms with E-state index >= 15 is 0 Å². The van der Waals surface area contributed by atoms with Gasteiger partial charge < -0.3 is 10.2 Å². The summed E-state index contributed by atoms with van der Waals surface area (Å²) in [5, 5.41) is 3.16. The molecule has 1 aliphatic rings. The van der Waals surface area contributed by atoms with Crippen LogP contribution in [0, 0.1) is 0 Å². The number of benzene rings is 1. The molecule has 6 heteroatoms. The average molecular weight is 272 g/mol. The van der Waals surface area contributed by atoms with E-state index in [4.69, 9.17) is 0 Å². The summed E-state index contributed by atoms with van der Waals surface area (Å²) < 4.78 is 37.3. The van der Waals surface area contributed by atoms with E-state index in [1.54, 1.807) is 4.90 Å². The second kappa shape index (κ2) is 5.21. The van der Waals surface area contributed by atoms with Crippen LogP contribution in [0.1, 0.15) is 22.8 Å². The number of nitrogens with zero attached hydrogens (tertiary/aromatic N) is 1. The number of halogens is 3. The van der Waals surface area contributed by atoms with Crippen LogP contribution in [0.5, 0.6) is 0 Å². The maximum absolute atomic E-state index is 12.4. The van der Waals surface area contributed by atoms with Gasteiger partial charge in [-0.3, -0.25) is 4.79 Å². The molecule has 0 radical (unpaired) electrons. The molecule has 1 aromatic rings. The predicted molar refractivity (Wildman–Crippen MR) is 64.8 cm³/mol. The maximum Gasteiger partial charge on any atom is 0.416 e. The predicted octanol–water partition coefficient (Wildman–Crippen LogP) is 2.14. The lowest BCUT2D eigenvalue weighted by Crippen LogP contribution is -2.52. The fraction of sp³-hybridized carbons (Fsp3) is 0.462. The molecule has 1 aromatic carbocycles. The molecule has 1 amide bonds. The quantitative estimate of drug-likeness (QED) is 0.849. The molecule has 0 spiro atoms. The van der Waals surface area contributed by atoms with Gasteiger partial charge in [-0.05, 0) is 31.2 Å². The topological polar surface area (TPSA) is 32.3 Å². The zero-order chi connectivity index (χ0) is 14.0. The van der Waals surface area contributed by atoms with E-state index < -0.39 is 11.7 Å². The first-order valence-electron chi connectivity index (χ1n) is 6.08. The number of rotatable bonds is 1. The molecular weight excluding hydrogens is 257 g/mol. The number of alkyl halides is 3. The summed E-state index contributed by atoms with van der Waals surface area (Å²) in [7, 11) is 0. The van der Waals surface area contributed by atoms with Crippen LogP contribution in [-0.2, 0) is 6.18 Å². The van der Waals surface area contributed by atoms with Crippen LogP contribution in [0.25, 0.3) is 0 Å². The molecular formula is C13H15F3N2O. The highest BCUT2D eigenvalue weighted by molar-refractivity contribution is 5.94. The summed E-state index contributed by atoms with van der Waals surface area (Å²) in [5.74, 6) is -0.220. The van der Waals surface area contributed by atoms with Gasteiger partial charge in [-0.15, -0.1) is 0 Å². The third-order valence-electron chi connectivity index (χ3n) is 3.22. The first kappa shape index (κ1) is 13.9. The zero-order valence-electron chi connectivity index (χ0n) is 10.5. The van der Waals surface area contributed by atoms with Gasteiger partial charge in [0, 0.05) is 31.2 Å². The highest BCUT2D eigenvalue weighted by Crippen LogP contribution is 2.29. The molecule has 2 rings (SSSR count). The Morgan fingerprint density at radius 2 is 1.95 bits per heavy atom. The standard InChI is InChI=1S/C13H15F3N2O/c1-9-8-17-6-7-18(9)12(19)10-2-4-11(5-3-10)13(14,15)16/h2-5,9,17H,6-8H2,1H3. The van der Waals surface area contributed by atoms with Crippen LogP contribution in [0.2, 0.25) is 0 Å². The smallest absolute Gasteiger partial charge is 0.333 e. The molecule has 0 aromatic heterocycles. The van der Waals surface area contributed by atoms with Crippen molar-refractivity contribution in [2.75, 3.05) is 19.6 Å². The minimum absolute atomic E-state index is 0.0449. The number of amides is 1. The normalized spacial score (nSPS) is 20.4. The SMILES string of the molecule is CC1CNCCN1C(=O)c1ccc(C(F)(F)F)cc1. The molecule has 1 aliphatic heterocycles. The Bertz CT molecular complexity index is 456. The molecule has 3 nitrogen and oxygen atoms in total. The van der Waals surface area contributed by atoms with Crippen molar-refractivity contribution in [3.8, 4) is 0 Å². The van der Waals surface area contributed by atoms with E-state index in [2.05, 4.69) is 5.32 Å². The van der Waals surface area contributed by atoms with Crippen molar-refractivity contribution in [3.05, 3.63) is 35.4 Å². The van der Waals surface area contributed by atoms with Crippen molar-refractivity contribution >= 4 is 5.91 Å². The number of piperazine rings is 1. The average Bonchev–Trinajstić information content (AvgIpc) is 2.38. The van der Waals surface area contributed by atoms with E-state index in [9.17, 15) is 18.0 Å². The zero-order valence-corrected chi connectivity index (χ0v) is 10.5. The van der Waals surface area contributed by atoms with Crippen molar-refractivity contribution < 1.29 is 18.0 Å².